The quantitative estimate of drug-likeness (QED) is 0.781. The minimum Gasteiger partial charge on any atom is -0.465 e. The summed E-state index contributed by atoms with van der Waals surface area (Å²) in [4.78, 5) is 21.0. The molecule has 0 radical (unpaired) electrons. The fraction of sp³-hybridized carbons (Fsp3) is 0.364. The number of aromatic nitrogens is 2. The van der Waals surface area contributed by atoms with E-state index >= 15 is 0 Å². The van der Waals surface area contributed by atoms with Crippen LogP contribution in [-0.4, -0.2) is 30.2 Å². The minimum absolute atomic E-state index is 0.312. The number of methoxy groups -OCH3 is 2. The molecule has 90 valence electrons. The molecule has 0 saturated carbocycles. The molecule has 0 saturated heterocycles. The number of aryl methyl sites for hydroxylation is 1. The third kappa shape index (κ3) is 2.13. The monoisotopic (exact) mass is 252 g/mol. The molecule has 2 rings (SSSR count). The van der Waals surface area contributed by atoms with Crippen molar-refractivity contribution in [3.05, 3.63) is 22.3 Å². The van der Waals surface area contributed by atoms with Gasteiger partial charge in [-0.05, 0) is 6.92 Å². The van der Waals surface area contributed by atoms with Gasteiger partial charge in [0.15, 0.2) is 0 Å². The van der Waals surface area contributed by atoms with E-state index in [9.17, 15) is 4.79 Å². The molecule has 0 aliphatic carbocycles. The van der Waals surface area contributed by atoms with Crippen LogP contribution < -0.4 is 0 Å². The number of carbonyl (C=O) groups is 1. The molecule has 0 aliphatic heterocycles. The van der Waals surface area contributed by atoms with E-state index in [-0.39, 0.29) is 0 Å². The SMILES string of the molecule is COCc1c(C(=O)OC)cnc2sc(C)nc12. The zero-order valence-electron chi connectivity index (χ0n) is 9.81. The number of rotatable bonds is 3. The number of thiazole rings is 1. The minimum atomic E-state index is -0.419. The Morgan fingerprint density at radius 3 is 2.88 bits per heavy atom. The largest absolute Gasteiger partial charge is 0.465 e. The Bertz CT molecular complexity index is 565. The van der Waals surface area contributed by atoms with Gasteiger partial charge in [0, 0.05) is 18.9 Å². The van der Waals surface area contributed by atoms with Crippen LogP contribution in [0, 0.1) is 6.92 Å². The van der Waals surface area contributed by atoms with Gasteiger partial charge < -0.3 is 9.47 Å². The van der Waals surface area contributed by atoms with Crippen molar-refractivity contribution in [2.45, 2.75) is 13.5 Å². The second kappa shape index (κ2) is 4.77. The topological polar surface area (TPSA) is 61.3 Å². The molecule has 5 nitrogen and oxygen atoms in total. The first-order valence-electron chi connectivity index (χ1n) is 4.99. The highest BCUT2D eigenvalue weighted by atomic mass is 32.1. The fourth-order valence-electron chi connectivity index (χ4n) is 1.61. The number of fused-ring (bicyclic) bond motifs is 1. The number of nitrogens with zero attached hydrogens (tertiary/aromatic N) is 2. The van der Waals surface area contributed by atoms with Crippen molar-refractivity contribution in [1.82, 2.24) is 9.97 Å². The molecule has 2 aromatic heterocycles. The fourth-order valence-corrected chi connectivity index (χ4v) is 2.39. The van der Waals surface area contributed by atoms with Crippen molar-refractivity contribution >= 4 is 27.7 Å². The highest BCUT2D eigenvalue weighted by Gasteiger charge is 2.18. The molecule has 0 spiro atoms. The normalized spacial score (nSPS) is 10.8. The van der Waals surface area contributed by atoms with Crippen LogP contribution in [0.15, 0.2) is 6.20 Å². The lowest BCUT2D eigenvalue weighted by Crippen LogP contribution is -2.08. The molecule has 0 aromatic carbocycles. The molecule has 17 heavy (non-hydrogen) atoms. The zero-order valence-corrected chi connectivity index (χ0v) is 10.6. The Hall–Kier alpha value is -1.53. The summed E-state index contributed by atoms with van der Waals surface area (Å²) in [7, 11) is 2.92. The smallest absolute Gasteiger partial charge is 0.339 e. The summed E-state index contributed by atoms with van der Waals surface area (Å²) in [6, 6.07) is 0. The molecule has 0 N–H and O–H groups in total. The second-order valence-corrected chi connectivity index (χ2v) is 4.64. The number of ether oxygens (including phenoxy) is 2. The number of carbonyl (C=O) groups excluding carboxylic acids is 1. The molecule has 6 heteroatoms. The lowest BCUT2D eigenvalue weighted by atomic mass is 10.1. The molecular weight excluding hydrogens is 240 g/mol. The van der Waals surface area contributed by atoms with Gasteiger partial charge in [0.1, 0.15) is 10.3 Å². The Labute approximate surface area is 102 Å². The van der Waals surface area contributed by atoms with Gasteiger partial charge in [-0.15, -0.1) is 0 Å². The van der Waals surface area contributed by atoms with Crippen LogP contribution in [-0.2, 0) is 16.1 Å². The summed E-state index contributed by atoms with van der Waals surface area (Å²) in [5.74, 6) is -0.419. The van der Waals surface area contributed by atoms with Crippen molar-refractivity contribution in [2.75, 3.05) is 14.2 Å². The van der Waals surface area contributed by atoms with Gasteiger partial charge in [0.25, 0.3) is 0 Å². The summed E-state index contributed by atoms with van der Waals surface area (Å²) in [6.07, 6.45) is 1.51. The lowest BCUT2D eigenvalue weighted by Gasteiger charge is -2.06. The van der Waals surface area contributed by atoms with Crippen LogP contribution in [0.3, 0.4) is 0 Å². The van der Waals surface area contributed by atoms with Crippen molar-refractivity contribution in [1.29, 1.82) is 0 Å². The Morgan fingerprint density at radius 2 is 2.24 bits per heavy atom. The number of hydrogen-bond donors (Lipinski definition) is 0. The van der Waals surface area contributed by atoms with Gasteiger partial charge >= 0.3 is 5.97 Å². The first kappa shape index (κ1) is 11.9. The summed E-state index contributed by atoms with van der Waals surface area (Å²) < 4.78 is 9.83. The zero-order chi connectivity index (χ0) is 12.4. The van der Waals surface area contributed by atoms with E-state index in [2.05, 4.69) is 9.97 Å². The van der Waals surface area contributed by atoms with E-state index in [1.165, 1.54) is 24.6 Å². The van der Waals surface area contributed by atoms with Gasteiger partial charge in [0.2, 0.25) is 0 Å². The van der Waals surface area contributed by atoms with Crippen molar-refractivity contribution in [3.8, 4) is 0 Å². The molecule has 0 unspecified atom stereocenters. The Balaban J connectivity index is 2.67. The van der Waals surface area contributed by atoms with Crippen molar-refractivity contribution in [3.63, 3.8) is 0 Å². The van der Waals surface area contributed by atoms with E-state index in [1.54, 1.807) is 7.11 Å². The summed E-state index contributed by atoms with van der Waals surface area (Å²) >= 11 is 1.49. The van der Waals surface area contributed by atoms with E-state index in [1.807, 2.05) is 6.92 Å². The van der Waals surface area contributed by atoms with Gasteiger partial charge in [-0.3, -0.25) is 0 Å². The maximum Gasteiger partial charge on any atom is 0.339 e. The Kier molecular flexibility index (Phi) is 3.35. The summed E-state index contributed by atoms with van der Waals surface area (Å²) in [5.41, 5.74) is 1.86. The Morgan fingerprint density at radius 1 is 1.47 bits per heavy atom. The maximum atomic E-state index is 11.6. The molecule has 0 amide bonds. The second-order valence-electron chi connectivity index (χ2n) is 3.46. The predicted molar refractivity (Wildman–Crippen MR) is 64.2 cm³/mol. The average molecular weight is 252 g/mol. The predicted octanol–water partition coefficient (Wildman–Crippen LogP) is 1.93. The van der Waals surface area contributed by atoms with Crippen LogP contribution in [0.4, 0.5) is 0 Å². The first-order chi connectivity index (χ1) is 8.17. The molecular formula is C11H12N2O3S. The van der Waals surface area contributed by atoms with Crippen LogP contribution in [0.1, 0.15) is 20.9 Å². The average Bonchev–Trinajstić information content (AvgIpc) is 2.69. The third-order valence-corrected chi connectivity index (χ3v) is 3.21. The molecule has 2 aromatic rings. The standard InChI is InChI=1S/C11H12N2O3S/c1-6-13-9-8(5-15-2)7(11(14)16-3)4-12-10(9)17-6/h4H,5H2,1-3H3. The van der Waals surface area contributed by atoms with Gasteiger partial charge in [-0.25, -0.2) is 14.8 Å². The van der Waals surface area contributed by atoms with Crippen molar-refractivity contribution in [2.24, 2.45) is 0 Å². The molecule has 2 heterocycles. The van der Waals surface area contributed by atoms with Gasteiger partial charge in [0.05, 0.1) is 24.3 Å². The van der Waals surface area contributed by atoms with E-state index in [0.717, 1.165) is 20.9 Å². The van der Waals surface area contributed by atoms with E-state index in [0.29, 0.717) is 12.2 Å². The first-order valence-corrected chi connectivity index (χ1v) is 5.81. The summed E-state index contributed by atoms with van der Waals surface area (Å²) in [6.45, 7) is 2.22. The molecule has 0 bridgehead atoms. The highest BCUT2D eigenvalue weighted by Crippen LogP contribution is 2.25. The van der Waals surface area contributed by atoms with Crippen LogP contribution in [0.2, 0.25) is 0 Å². The number of hydrogen-bond acceptors (Lipinski definition) is 6. The maximum absolute atomic E-state index is 11.6. The van der Waals surface area contributed by atoms with Crippen LogP contribution in [0.5, 0.6) is 0 Å². The lowest BCUT2D eigenvalue weighted by molar-refractivity contribution is 0.0595. The molecule has 0 atom stereocenters. The molecule has 0 aliphatic rings. The van der Waals surface area contributed by atoms with Gasteiger partial charge in [-0.2, -0.15) is 0 Å². The third-order valence-electron chi connectivity index (χ3n) is 2.33. The highest BCUT2D eigenvalue weighted by molar-refractivity contribution is 7.18. The van der Waals surface area contributed by atoms with Gasteiger partial charge in [-0.1, -0.05) is 11.3 Å². The van der Waals surface area contributed by atoms with Crippen LogP contribution in [0.25, 0.3) is 10.3 Å². The molecule has 0 fully saturated rings. The van der Waals surface area contributed by atoms with E-state index < -0.39 is 5.97 Å². The number of pyridine rings is 1. The summed E-state index contributed by atoms with van der Waals surface area (Å²) in [5, 5.41) is 0.909. The van der Waals surface area contributed by atoms with Crippen LogP contribution >= 0.6 is 11.3 Å². The van der Waals surface area contributed by atoms with E-state index in [4.69, 9.17) is 9.47 Å². The number of esters is 1. The van der Waals surface area contributed by atoms with Crippen molar-refractivity contribution < 1.29 is 14.3 Å².